The third-order valence-electron chi connectivity index (χ3n) is 3.79. The van der Waals surface area contributed by atoms with E-state index in [9.17, 15) is 9.59 Å². The van der Waals surface area contributed by atoms with Crippen LogP contribution in [0.3, 0.4) is 0 Å². The summed E-state index contributed by atoms with van der Waals surface area (Å²) in [6, 6.07) is 15.6. The van der Waals surface area contributed by atoms with Crippen molar-refractivity contribution in [2.75, 3.05) is 11.9 Å². The van der Waals surface area contributed by atoms with Crippen molar-refractivity contribution in [2.24, 2.45) is 5.10 Å². The summed E-state index contributed by atoms with van der Waals surface area (Å²) in [6.07, 6.45) is 1.36. The molecule has 3 aromatic rings. The quantitative estimate of drug-likeness (QED) is 0.241. The zero-order chi connectivity index (χ0) is 20.8. The van der Waals surface area contributed by atoms with Crippen molar-refractivity contribution in [3.8, 4) is 11.3 Å². The maximum Gasteiger partial charge on any atom is 0.337 e. The molecule has 7 nitrogen and oxygen atoms in total. The van der Waals surface area contributed by atoms with Crippen LogP contribution in [0.4, 0.5) is 5.69 Å². The van der Waals surface area contributed by atoms with Crippen molar-refractivity contribution in [2.45, 2.75) is 0 Å². The summed E-state index contributed by atoms with van der Waals surface area (Å²) in [5.74, 6) is -0.572. The second-order valence-electron chi connectivity index (χ2n) is 5.86. The number of anilines is 1. The van der Waals surface area contributed by atoms with E-state index in [-0.39, 0.29) is 23.0 Å². The van der Waals surface area contributed by atoms with E-state index in [0.717, 1.165) is 9.26 Å². The molecule has 0 atom stereocenters. The van der Waals surface area contributed by atoms with E-state index in [0.29, 0.717) is 17.1 Å². The van der Waals surface area contributed by atoms with Crippen LogP contribution in [0.2, 0.25) is 5.02 Å². The molecule has 148 valence electrons. The van der Waals surface area contributed by atoms with E-state index in [2.05, 4.69) is 38.4 Å². The molecule has 0 aliphatic heterocycles. The number of rotatable bonds is 7. The maximum absolute atomic E-state index is 11.8. The highest BCUT2D eigenvalue weighted by molar-refractivity contribution is 14.1. The van der Waals surface area contributed by atoms with Crippen LogP contribution in [-0.2, 0) is 4.79 Å². The molecular formula is C20H15ClIN3O4. The number of hydrogen-bond donors (Lipinski definition) is 3. The van der Waals surface area contributed by atoms with Gasteiger partial charge in [-0.25, -0.2) is 10.2 Å². The number of hydrazone groups is 1. The van der Waals surface area contributed by atoms with Gasteiger partial charge in [0.25, 0.3) is 5.91 Å². The summed E-state index contributed by atoms with van der Waals surface area (Å²) < 4.78 is 6.72. The van der Waals surface area contributed by atoms with Gasteiger partial charge in [-0.2, -0.15) is 5.10 Å². The van der Waals surface area contributed by atoms with Gasteiger partial charge in [0.1, 0.15) is 11.5 Å². The van der Waals surface area contributed by atoms with Crippen LogP contribution >= 0.6 is 34.2 Å². The van der Waals surface area contributed by atoms with E-state index in [1.54, 1.807) is 18.2 Å². The maximum atomic E-state index is 11.8. The third kappa shape index (κ3) is 5.81. The number of benzene rings is 2. The molecule has 2 aromatic carbocycles. The molecule has 0 fully saturated rings. The summed E-state index contributed by atoms with van der Waals surface area (Å²) in [5, 5.41) is 16.2. The number of carbonyl (C=O) groups is 2. The first kappa shape index (κ1) is 20.9. The van der Waals surface area contributed by atoms with E-state index in [1.807, 2.05) is 24.3 Å². The predicted molar refractivity (Wildman–Crippen MR) is 119 cm³/mol. The highest BCUT2D eigenvalue weighted by Crippen LogP contribution is 2.26. The third-order valence-corrected chi connectivity index (χ3v) is 4.84. The lowest BCUT2D eigenvalue weighted by Gasteiger charge is -2.04. The number of nitrogens with zero attached hydrogens (tertiary/aromatic N) is 1. The lowest BCUT2D eigenvalue weighted by molar-refractivity contribution is -0.119. The Hall–Kier alpha value is -2.85. The van der Waals surface area contributed by atoms with Crippen LogP contribution < -0.4 is 10.7 Å². The molecule has 0 radical (unpaired) electrons. The molecule has 0 spiro atoms. The zero-order valence-electron chi connectivity index (χ0n) is 14.9. The number of carboxylic acids is 1. The highest BCUT2D eigenvalue weighted by atomic mass is 127. The lowest BCUT2D eigenvalue weighted by atomic mass is 10.1. The van der Waals surface area contributed by atoms with Gasteiger partial charge in [-0.3, -0.25) is 4.79 Å². The number of nitrogens with one attached hydrogen (secondary N) is 2. The minimum atomic E-state index is -1.12. The number of aromatic carboxylic acids is 1. The largest absolute Gasteiger partial charge is 0.478 e. The van der Waals surface area contributed by atoms with Gasteiger partial charge in [-0.05, 0) is 77.2 Å². The summed E-state index contributed by atoms with van der Waals surface area (Å²) in [5.41, 5.74) is 3.80. The van der Waals surface area contributed by atoms with E-state index in [1.165, 1.54) is 18.3 Å². The number of halogens is 2. The number of hydrogen-bond acceptors (Lipinski definition) is 5. The Morgan fingerprint density at radius 1 is 1.14 bits per heavy atom. The van der Waals surface area contributed by atoms with Crippen molar-refractivity contribution in [1.29, 1.82) is 0 Å². The SMILES string of the molecule is O=C(CNc1ccc(I)cc1)N/N=C/c1ccc(-c2ccc(Cl)c(C(=O)O)c2)o1. The molecule has 0 bridgehead atoms. The van der Waals surface area contributed by atoms with Crippen molar-refractivity contribution in [3.63, 3.8) is 0 Å². The van der Waals surface area contributed by atoms with Gasteiger partial charge in [-0.15, -0.1) is 0 Å². The van der Waals surface area contributed by atoms with E-state index < -0.39 is 5.97 Å². The Kier molecular flexibility index (Phi) is 6.89. The van der Waals surface area contributed by atoms with Crippen LogP contribution in [0.5, 0.6) is 0 Å². The number of carboxylic acid groups (broad SMARTS) is 1. The van der Waals surface area contributed by atoms with Gasteiger partial charge in [0.2, 0.25) is 0 Å². The molecule has 1 aromatic heterocycles. The minimum Gasteiger partial charge on any atom is -0.478 e. The van der Waals surface area contributed by atoms with E-state index in [4.69, 9.17) is 21.1 Å². The number of carbonyl (C=O) groups excluding carboxylic acids is 1. The fourth-order valence-electron chi connectivity index (χ4n) is 2.38. The van der Waals surface area contributed by atoms with Gasteiger partial charge in [0.15, 0.2) is 0 Å². The molecule has 29 heavy (non-hydrogen) atoms. The monoisotopic (exact) mass is 523 g/mol. The fourth-order valence-corrected chi connectivity index (χ4v) is 2.94. The number of amides is 1. The van der Waals surface area contributed by atoms with Crippen LogP contribution in [-0.4, -0.2) is 29.7 Å². The second-order valence-corrected chi connectivity index (χ2v) is 7.51. The molecular weight excluding hydrogens is 509 g/mol. The summed E-state index contributed by atoms with van der Waals surface area (Å²) >= 11 is 8.08. The average Bonchev–Trinajstić information content (AvgIpc) is 3.16. The predicted octanol–water partition coefficient (Wildman–Crippen LogP) is 4.47. The van der Waals surface area contributed by atoms with Gasteiger partial charge in [0.05, 0.1) is 23.3 Å². The molecule has 1 amide bonds. The first-order valence-electron chi connectivity index (χ1n) is 8.37. The average molecular weight is 524 g/mol. The molecule has 0 aliphatic carbocycles. The summed E-state index contributed by atoms with van der Waals surface area (Å²) in [4.78, 5) is 23.0. The van der Waals surface area contributed by atoms with Crippen LogP contribution in [0.25, 0.3) is 11.3 Å². The molecule has 0 aliphatic rings. The fraction of sp³-hybridized carbons (Fsp3) is 0.0500. The smallest absolute Gasteiger partial charge is 0.337 e. The minimum absolute atomic E-state index is 0.0105. The normalized spacial score (nSPS) is 10.8. The van der Waals surface area contributed by atoms with Gasteiger partial charge >= 0.3 is 5.97 Å². The van der Waals surface area contributed by atoms with Crippen molar-refractivity contribution >= 4 is 58.0 Å². The van der Waals surface area contributed by atoms with Crippen LogP contribution in [0.1, 0.15) is 16.1 Å². The Morgan fingerprint density at radius 2 is 1.90 bits per heavy atom. The first-order valence-corrected chi connectivity index (χ1v) is 9.82. The summed E-state index contributed by atoms with van der Waals surface area (Å²) in [6.45, 7) is 0.0735. The second kappa shape index (κ2) is 9.57. The Bertz CT molecular complexity index is 1060. The highest BCUT2D eigenvalue weighted by Gasteiger charge is 2.12. The van der Waals surface area contributed by atoms with Crippen LogP contribution in [0.15, 0.2) is 64.1 Å². The molecule has 3 rings (SSSR count). The molecule has 3 N–H and O–H groups in total. The van der Waals surface area contributed by atoms with Crippen molar-refractivity contribution in [3.05, 3.63) is 74.5 Å². The van der Waals surface area contributed by atoms with Gasteiger partial charge in [-0.1, -0.05) is 11.6 Å². The molecule has 0 unspecified atom stereocenters. The molecule has 0 saturated carbocycles. The molecule has 0 saturated heterocycles. The van der Waals surface area contributed by atoms with Crippen molar-refractivity contribution in [1.82, 2.24) is 5.43 Å². The standard InChI is InChI=1S/C20H15ClIN3O4/c21-17-7-1-12(9-16(17)20(27)28)18-8-6-15(29-18)10-24-25-19(26)11-23-14-4-2-13(22)3-5-14/h1-10,23H,11H2,(H,25,26)(H,27,28)/b24-10+. The zero-order valence-corrected chi connectivity index (χ0v) is 17.8. The Morgan fingerprint density at radius 3 is 2.62 bits per heavy atom. The van der Waals surface area contributed by atoms with Crippen LogP contribution in [0, 0.1) is 3.57 Å². The molecule has 1 heterocycles. The van der Waals surface area contributed by atoms with Crippen molar-refractivity contribution < 1.29 is 19.1 Å². The number of furan rings is 1. The topological polar surface area (TPSA) is 104 Å². The van der Waals surface area contributed by atoms with Gasteiger partial charge < -0.3 is 14.8 Å². The van der Waals surface area contributed by atoms with Gasteiger partial charge in [0, 0.05) is 14.8 Å². The van der Waals surface area contributed by atoms with E-state index >= 15 is 0 Å². The lowest BCUT2D eigenvalue weighted by Crippen LogP contribution is -2.25. The molecule has 9 heteroatoms. The Balaban J connectivity index is 1.56. The first-order chi connectivity index (χ1) is 13.9. The Labute approximate surface area is 184 Å². The summed E-state index contributed by atoms with van der Waals surface area (Å²) in [7, 11) is 0.